The number of hydrogen-bond acceptors (Lipinski definition) is 5. The molecule has 1 aromatic carbocycles. The van der Waals surface area contributed by atoms with Gasteiger partial charge in [-0.2, -0.15) is 0 Å². The second-order valence-electron chi connectivity index (χ2n) is 5.12. The smallest absolute Gasteiger partial charge is 0.0951 e. The maximum atomic E-state index is 10.1. The van der Waals surface area contributed by atoms with Crippen molar-refractivity contribution in [1.29, 1.82) is 0 Å². The molecule has 0 radical (unpaired) electrons. The van der Waals surface area contributed by atoms with E-state index in [-0.39, 0.29) is 0 Å². The number of nitrogens with zero attached hydrogens (tertiary/aromatic N) is 2. The van der Waals surface area contributed by atoms with Crippen molar-refractivity contribution < 1.29 is 5.11 Å². The van der Waals surface area contributed by atoms with E-state index in [1.54, 1.807) is 6.20 Å². The normalized spacial score (nSPS) is 12.8. The molecule has 21 heavy (non-hydrogen) atoms. The SMILES string of the molecule is CCN(CC)C[C@H](O)CNc1ccnc2c(N)cccc12. The van der Waals surface area contributed by atoms with Crippen molar-refractivity contribution in [2.75, 3.05) is 37.2 Å². The summed E-state index contributed by atoms with van der Waals surface area (Å²) in [4.78, 5) is 6.51. The third-order valence-electron chi connectivity index (χ3n) is 3.69. The predicted molar refractivity (Wildman–Crippen MR) is 88.4 cm³/mol. The van der Waals surface area contributed by atoms with Gasteiger partial charge in [0.2, 0.25) is 0 Å². The number of hydrogen-bond donors (Lipinski definition) is 3. The minimum Gasteiger partial charge on any atom is -0.397 e. The Morgan fingerprint density at radius 3 is 2.76 bits per heavy atom. The zero-order valence-electron chi connectivity index (χ0n) is 12.7. The lowest BCUT2D eigenvalue weighted by Crippen LogP contribution is -2.35. The number of nitrogens with two attached hydrogens (primary N) is 1. The molecule has 1 atom stereocenters. The first-order chi connectivity index (χ1) is 10.2. The van der Waals surface area contributed by atoms with E-state index >= 15 is 0 Å². The van der Waals surface area contributed by atoms with Crippen LogP contribution in [-0.2, 0) is 0 Å². The Morgan fingerprint density at radius 2 is 2.05 bits per heavy atom. The molecule has 2 aromatic rings. The Bertz CT molecular complexity index is 583. The molecule has 114 valence electrons. The number of rotatable bonds is 7. The van der Waals surface area contributed by atoms with Gasteiger partial charge in [0.25, 0.3) is 0 Å². The van der Waals surface area contributed by atoms with Crippen LogP contribution in [0.25, 0.3) is 10.9 Å². The molecule has 4 N–H and O–H groups in total. The van der Waals surface area contributed by atoms with E-state index in [1.807, 2.05) is 24.3 Å². The molecular weight excluding hydrogens is 264 g/mol. The molecule has 2 rings (SSSR count). The van der Waals surface area contributed by atoms with Gasteiger partial charge in [-0.25, -0.2) is 0 Å². The zero-order chi connectivity index (χ0) is 15.2. The summed E-state index contributed by atoms with van der Waals surface area (Å²) in [6.45, 7) is 7.27. The topological polar surface area (TPSA) is 74.4 Å². The van der Waals surface area contributed by atoms with Crippen LogP contribution >= 0.6 is 0 Å². The number of anilines is 2. The number of likely N-dealkylation sites (N-methyl/N-ethyl adjacent to an activating group) is 1. The summed E-state index contributed by atoms with van der Waals surface area (Å²) in [6, 6.07) is 7.65. The number of aromatic nitrogens is 1. The van der Waals surface area contributed by atoms with Gasteiger partial charge in [0.1, 0.15) is 0 Å². The highest BCUT2D eigenvalue weighted by atomic mass is 16.3. The highest BCUT2D eigenvalue weighted by molar-refractivity contribution is 5.97. The molecule has 0 saturated carbocycles. The Kier molecular flexibility index (Phi) is 5.36. The molecule has 0 aliphatic carbocycles. The Labute approximate surface area is 125 Å². The van der Waals surface area contributed by atoms with Crippen LogP contribution in [0.1, 0.15) is 13.8 Å². The molecule has 5 nitrogen and oxygen atoms in total. The van der Waals surface area contributed by atoms with Crippen molar-refractivity contribution >= 4 is 22.3 Å². The number of nitrogen functional groups attached to an aromatic ring is 1. The van der Waals surface area contributed by atoms with E-state index in [4.69, 9.17) is 5.73 Å². The van der Waals surface area contributed by atoms with Gasteiger partial charge in [0.05, 0.1) is 17.3 Å². The maximum Gasteiger partial charge on any atom is 0.0951 e. The molecule has 5 heteroatoms. The molecular formula is C16H24N4O. The fraction of sp³-hybridized carbons (Fsp3) is 0.438. The van der Waals surface area contributed by atoms with E-state index < -0.39 is 6.10 Å². The second-order valence-corrected chi connectivity index (χ2v) is 5.12. The van der Waals surface area contributed by atoms with Gasteiger partial charge in [-0.15, -0.1) is 0 Å². The molecule has 0 unspecified atom stereocenters. The number of aliphatic hydroxyl groups excluding tert-OH is 1. The van der Waals surface area contributed by atoms with Gasteiger partial charge in [-0.05, 0) is 25.2 Å². The average molecular weight is 288 g/mol. The van der Waals surface area contributed by atoms with Crippen LogP contribution < -0.4 is 11.1 Å². The second kappa shape index (κ2) is 7.24. The number of fused-ring (bicyclic) bond motifs is 1. The van der Waals surface area contributed by atoms with Gasteiger partial charge in [-0.3, -0.25) is 4.98 Å². The van der Waals surface area contributed by atoms with Crippen LogP contribution in [0, 0.1) is 0 Å². The highest BCUT2D eigenvalue weighted by Gasteiger charge is 2.10. The van der Waals surface area contributed by atoms with Crippen molar-refractivity contribution in [3.05, 3.63) is 30.5 Å². The number of pyridine rings is 1. The van der Waals surface area contributed by atoms with E-state index in [1.165, 1.54) is 0 Å². The highest BCUT2D eigenvalue weighted by Crippen LogP contribution is 2.25. The number of benzene rings is 1. The zero-order valence-corrected chi connectivity index (χ0v) is 12.7. The van der Waals surface area contributed by atoms with Crippen LogP contribution in [0.4, 0.5) is 11.4 Å². The number of para-hydroxylation sites is 1. The number of nitrogens with one attached hydrogen (secondary N) is 1. The van der Waals surface area contributed by atoms with Crippen molar-refractivity contribution in [1.82, 2.24) is 9.88 Å². The lowest BCUT2D eigenvalue weighted by molar-refractivity contribution is 0.128. The summed E-state index contributed by atoms with van der Waals surface area (Å²) in [5, 5.41) is 14.4. The lowest BCUT2D eigenvalue weighted by atomic mass is 10.1. The number of aliphatic hydroxyl groups is 1. The molecule has 0 aliphatic rings. The predicted octanol–water partition coefficient (Wildman–Crippen LogP) is 1.93. The van der Waals surface area contributed by atoms with E-state index in [9.17, 15) is 5.11 Å². The molecule has 0 saturated heterocycles. The summed E-state index contributed by atoms with van der Waals surface area (Å²) in [5.74, 6) is 0. The van der Waals surface area contributed by atoms with Crippen molar-refractivity contribution in [2.24, 2.45) is 0 Å². The minimum absolute atomic E-state index is 0.408. The van der Waals surface area contributed by atoms with Crippen molar-refractivity contribution in [3.63, 3.8) is 0 Å². The van der Waals surface area contributed by atoms with Gasteiger partial charge in [0.15, 0.2) is 0 Å². The third kappa shape index (κ3) is 3.83. The Hall–Kier alpha value is -1.85. The van der Waals surface area contributed by atoms with E-state index in [0.29, 0.717) is 18.8 Å². The summed E-state index contributed by atoms with van der Waals surface area (Å²) in [6.07, 6.45) is 1.33. The fourth-order valence-electron chi connectivity index (χ4n) is 2.43. The van der Waals surface area contributed by atoms with Gasteiger partial charge in [-0.1, -0.05) is 26.0 Å². The summed E-state index contributed by atoms with van der Waals surface area (Å²) in [7, 11) is 0. The fourth-order valence-corrected chi connectivity index (χ4v) is 2.43. The largest absolute Gasteiger partial charge is 0.397 e. The standard InChI is InChI=1S/C16H24N4O/c1-3-20(4-2)11-12(21)10-19-15-8-9-18-16-13(15)6-5-7-14(16)17/h5-9,12,21H,3-4,10-11,17H2,1-2H3,(H,18,19)/t12-/m1/s1. The van der Waals surface area contributed by atoms with Crippen molar-refractivity contribution in [3.8, 4) is 0 Å². The summed E-state index contributed by atoms with van der Waals surface area (Å²) in [5.41, 5.74) is 8.35. The Morgan fingerprint density at radius 1 is 1.29 bits per heavy atom. The third-order valence-corrected chi connectivity index (χ3v) is 3.69. The molecule has 0 spiro atoms. The van der Waals surface area contributed by atoms with Gasteiger partial charge in [0, 0.05) is 30.4 Å². The molecule has 0 amide bonds. The van der Waals surface area contributed by atoms with Gasteiger partial charge < -0.3 is 21.1 Å². The Balaban J connectivity index is 2.05. The monoisotopic (exact) mass is 288 g/mol. The van der Waals surface area contributed by atoms with Crippen molar-refractivity contribution in [2.45, 2.75) is 20.0 Å². The quantitative estimate of drug-likeness (QED) is 0.679. The van der Waals surface area contributed by atoms with E-state index in [2.05, 4.69) is 29.0 Å². The molecule has 0 bridgehead atoms. The van der Waals surface area contributed by atoms with Crippen LogP contribution in [-0.4, -0.2) is 47.3 Å². The first-order valence-electron chi connectivity index (χ1n) is 7.43. The average Bonchev–Trinajstić information content (AvgIpc) is 2.51. The minimum atomic E-state index is -0.408. The lowest BCUT2D eigenvalue weighted by Gasteiger charge is -2.22. The summed E-state index contributed by atoms with van der Waals surface area (Å²) >= 11 is 0. The van der Waals surface area contributed by atoms with Crippen LogP contribution in [0.3, 0.4) is 0 Å². The van der Waals surface area contributed by atoms with Crippen LogP contribution in [0.15, 0.2) is 30.5 Å². The molecule has 1 heterocycles. The first kappa shape index (κ1) is 15.5. The first-order valence-corrected chi connectivity index (χ1v) is 7.43. The van der Waals surface area contributed by atoms with E-state index in [0.717, 1.165) is 29.7 Å². The van der Waals surface area contributed by atoms with Crippen LogP contribution in [0.2, 0.25) is 0 Å². The summed E-state index contributed by atoms with van der Waals surface area (Å²) < 4.78 is 0. The van der Waals surface area contributed by atoms with Crippen LogP contribution in [0.5, 0.6) is 0 Å². The molecule has 0 fully saturated rings. The van der Waals surface area contributed by atoms with Gasteiger partial charge >= 0.3 is 0 Å². The molecule has 0 aliphatic heterocycles. The molecule has 1 aromatic heterocycles. The maximum absolute atomic E-state index is 10.1.